The molecule has 148 valence electrons. The summed E-state index contributed by atoms with van der Waals surface area (Å²) < 4.78 is 19.3. The topological polar surface area (TPSA) is 36.0 Å². The summed E-state index contributed by atoms with van der Waals surface area (Å²) in [5.74, 6) is 0.773. The predicted octanol–water partition coefficient (Wildman–Crippen LogP) is 2.94. The summed E-state index contributed by atoms with van der Waals surface area (Å²) in [7, 11) is 1.66. The number of para-hydroxylation sites is 1. The van der Waals surface area contributed by atoms with Crippen molar-refractivity contribution in [3.63, 3.8) is 0 Å². The molecular weight excluding hydrogens is 357 g/mol. The lowest BCUT2D eigenvalue weighted by Gasteiger charge is -2.37. The maximum atomic E-state index is 14.0. The van der Waals surface area contributed by atoms with Gasteiger partial charge in [0.15, 0.2) is 0 Å². The molecule has 28 heavy (non-hydrogen) atoms. The highest BCUT2D eigenvalue weighted by Gasteiger charge is 2.26. The first kappa shape index (κ1) is 18.7. The summed E-state index contributed by atoms with van der Waals surface area (Å²) in [6.45, 7) is 4.11. The van der Waals surface area contributed by atoms with E-state index in [2.05, 4.69) is 9.80 Å². The van der Waals surface area contributed by atoms with Gasteiger partial charge in [0.25, 0.3) is 0 Å². The van der Waals surface area contributed by atoms with Gasteiger partial charge in [0.1, 0.15) is 11.6 Å². The fourth-order valence-electron chi connectivity index (χ4n) is 4.09. The van der Waals surface area contributed by atoms with Crippen LogP contribution in [0.3, 0.4) is 0 Å². The van der Waals surface area contributed by atoms with Crippen LogP contribution in [0.1, 0.15) is 12.0 Å². The van der Waals surface area contributed by atoms with E-state index in [1.807, 2.05) is 35.2 Å². The van der Waals surface area contributed by atoms with E-state index < -0.39 is 0 Å². The molecule has 2 aromatic rings. The average molecular weight is 383 g/mol. The monoisotopic (exact) mass is 383 g/mol. The minimum absolute atomic E-state index is 0.130. The Morgan fingerprint density at radius 3 is 2.57 bits per heavy atom. The molecule has 0 aromatic heterocycles. The predicted molar refractivity (Wildman–Crippen MR) is 109 cm³/mol. The lowest BCUT2D eigenvalue weighted by molar-refractivity contribution is -0.119. The fourth-order valence-corrected chi connectivity index (χ4v) is 4.09. The Kier molecular flexibility index (Phi) is 5.48. The molecule has 2 heterocycles. The molecule has 2 aliphatic heterocycles. The van der Waals surface area contributed by atoms with Crippen LogP contribution in [-0.2, 0) is 11.2 Å². The van der Waals surface area contributed by atoms with Crippen molar-refractivity contribution in [1.29, 1.82) is 0 Å². The van der Waals surface area contributed by atoms with Crippen molar-refractivity contribution in [2.24, 2.45) is 0 Å². The fraction of sp³-hybridized carbons (Fsp3) is 0.409. The van der Waals surface area contributed by atoms with Crippen LogP contribution in [0.15, 0.2) is 42.5 Å². The highest BCUT2D eigenvalue weighted by Crippen LogP contribution is 2.30. The third kappa shape index (κ3) is 3.83. The van der Waals surface area contributed by atoms with E-state index in [9.17, 15) is 9.18 Å². The molecule has 0 bridgehead atoms. The zero-order valence-corrected chi connectivity index (χ0v) is 16.2. The lowest BCUT2D eigenvalue weighted by atomic mass is 10.0. The molecule has 5 nitrogen and oxygen atoms in total. The summed E-state index contributed by atoms with van der Waals surface area (Å²) in [5.41, 5.74) is 2.82. The number of nitrogens with zero attached hydrogens (tertiary/aromatic N) is 3. The third-order valence-electron chi connectivity index (χ3n) is 5.63. The molecule has 0 aliphatic carbocycles. The summed E-state index contributed by atoms with van der Waals surface area (Å²) in [6.07, 6.45) is 1.94. The van der Waals surface area contributed by atoms with Crippen LogP contribution in [0.4, 0.5) is 15.8 Å². The van der Waals surface area contributed by atoms with Crippen LogP contribution in [-0.4, -0.2) is 57.2 Å². The van der Waals surface area contributed by atoms with E-state index >= 15 is 0 Å². The van der Waals surface area contributed by atoms with Crippen LogP contribution < -0.4 is 14.5 Å². The summed E-state index contributed by atoms with van der Waals surface area (Å²) in [6, 6.07) is 12.8. The third-order valence-corrected chi connectivity index (χ3v) is 5.63. The number of rotatable bonds is 4. The van der Waals surface area contributed by atoms with Gasteiger partial charge < -0.3 is 14.5 Å². The SMILES string of the molecule is COc1ccc2c(c1)CCCN2C(=O)CN1CCN(c2ccccc2F)CC1. The first-order valence-electron chi connectivity index (χ1n) is 9.85. The van der Waals surface area contributed by atoms with Crippen molar-refractivity contribution in [3.05, 3.63) is 53.8 Å². The zero-order valence-electron chi connectivity index (χ0n) is 16.2. The van der Waals surface area contributed by atoms with Crippen molar-refractivity contribution in [2.45, 2.75) is 12.8 Å². The average Bonchev–Trinajstić information content (AvgIpc) is 2.74. The summed E-state index contributed by atoms with van der Waals surface area (Å²) in [4.78, 5) is 19.1. The highest BCUT2D eigenvalue weighted by atomic mass is 19.1. The second-order valence-electron chi connectivity index (χ2n) is 7.36. The van der Waals surface area contributed by atoms with Gasteiger partial charge in [0, 0.05) is 38.4 Å². The Labute approximate surface area is 165 Å². The Morgan fingerprint density at radius 2 is 1.82 bits per heavy atom. The van der Waals surface area contributed by atoms with Crippen molar-refractivity contribution in [2.75, 3.05) is 56.2 Å². The number of benzene rings is 2. The molecule has 6 heteroatoms. The lowest BCUT2D eigenvalue weighted by Crippen LogP contribution is -2.51. The molecule has 0 saturated carbocycles. The van der Waals surface area contributed by atoms with Gasteiger partial charge in [-0.2, -0.15) is 0 Å². The minimum Gasteiger partial charge on any atom is -0.497 e. The second kappa shape index (κ2) is 8.19. The van der Waals surface area contributed by atoms with Crippen LogP contribution in [0.25, 0.3) is 0 Å². The van der Waals surface area contributed by atoms with Gasteiger partial charge in [0.05, 0.1) is 19.3 Å². The first-order chi connectivity index (χ1) is 13.7. The van der Waals surface area contributed by atoms with Crippen molar-refractivity contribution >= 4 is 17.3 Å². The number of methoxy groups -OCH3 is 1. The maximum Gasteiger partial charge on any atom is 0.241 e. The van der Waals surface area contributed by atoms with Gasteiger partial charge >= 0.3 is 0 Å². The van der Waals surface area contributed by atoms with E-state index in [0.29, 0.717) is 12.2 Å². The molecule has 0 N–H and O–H groups in total. The number of carbonyl (C=O) groups excluding carboxylic acids is 1. The Hall–Kier alpha value is -2.60. The van der Waals surface area contributed by atoms with E-state index in [-0.39, 0.29) is 11.7 Å². The van der Waals surface area contributed by atoms with Gasteiger partial charge in [-0.05, 0) is 48.7 Å². The first-order valence-corrected chi connectivity index (χ1v) is 9.85. The van der Waals surface area contributed by atoms with Crippen molar-refractivity contribution < 1.29 is 13.9 Å². The number of fused-ring (bicyclic) bond motifs is 1. The Morgan fingerprint density at radius 1 is 1.04 bits per heavy atom. The highest BCUT2D eigenvalue weighted by molar-refractivity contribution is 5.96. The van der Waals surface area contributed by atoms with Crippen LogP contribution in [0, 0.1) is 5.82 Å². The molecule has 0 atom stereocenters. The molecule has 1 fully saturated rings. The molecule has 4 rings (SSSR count). The maximum absolute atomic E-state index is 14.0. The molecule has 2 aromatic carbocycles. The standard InChI is InChI=1S/C22H26FN3O2/c1-28-18-8-9-20-17(15-18)5-4-10-26(20)22(27)16-24-11-13-25(14-12-24)21-7-3-2-6-19(21)23/h2-3,6-9,15H,4-5,10-14,16H2,1H3. The second-order valence-corrected chi connectivity index (χ2v) is 7.36. The quantitative estimate of drug-likeness (QED) is 0.813. The number of amides is 1. The summed E-state index contributed by atoms with van der Waals surface area (Å²) in [5, 5.41) is 0. The van der Waals surface area contributed by atoms with Crippen LogP contribution in [0.2, 0.25) is 0 Å². The van der Waals surface area contributed by atoms with E-state index in [4.69, 9.17) is 4.74 Å². The van der Waals surface area contributed by atoms with Gasteiger partial charge in [0.2, 0.25) is 5.91 Å². The summed E-state index contributed by atoms with van der Waals surface area (Å²) >= 11 is 0. The molecule has 0 radical (unpaired) electrons. The number of carbonyl (C=O) groups is 1. The smallest absolute Gasteiger partial charge is 0.241 e. The molecule has 1 amide bonds. The number of anilines is 2. The Balaban J connectivity index is 1.37. The largest absolute Gasteiger partial charge is 0.497 e. The van der Waals surface area contributed by atoms with E-state index in [1.54, 1.807) is 13.2 Å². The molecule has 2 aliphatic rings. The number of aryl methyl sites for hydroxylation is 1. The van der Waals surface area contributed by atoms with Gasteiger partial charge in [-0.3, -0.25) is 9.69 Å². The van der Waals surface area contributed by atoms with Gasteiger partial charge in [-0.25, -0.2) is 4.39 Å². The van der Waals surface area contributed by atoms with E-state index in [1.165, 1.54) is 11.6 Å². The number of piperazine rings is 1. The molecule has 0 unspecified atom stereocenters. The molecule has 0 spiro atoms. The molecular formula is C22H26FN3O2. The number of halogens is 1. The molecule has 1 saturated heterocycles. The minimum atomic E-state index is -0.188. The number of hydrogen-bond donors (Lipinski definition) is 0. The normalized spacial score (nSPS) is 17.4. The van der Waals surface area contributed by atoms with Crippen molar-refractivity contribution in [1.82, 2.24) is 4.90 Å². The zero-order chi connectivity index (χ0) is 19.5. The van der Waals surface area contributed by atoms with Gasteiger partial charge in [-0.1, -0.05) is 12.1 Å². The number of hydrogen-bond acceptors (Lipinski definition) is 4. The van der Waals surface area contributed by atoms with Gasteiger partial charge in [-0.15, -0.1) is 0 Å². The van der Waals surface area contributed by atoms with Crippen LogP contribution >= 0.6 is 0 Å². The van der Waals surface area contributed by atoms with Crippen LogP contribution in [0.5, 0.6) is 5.75 Å². The number of ether oxygens (including phenoxy) is 1. The van der Waals surface area contributed by atoms with E-state index in [0.717, 1.165) is 57.0 Å². The Bertz CT molecular complexity index is 849. The van der Waals surface area contributed by atoms with Crippen molar-refractivity contribution in [3.8, 4) is 5.75 Å².